The summed E-state index contributed by atoms with van der Waals surface area (Å²) in [7, 11) is 0. The van der Waals surface area contributed by atoms with Crippen molar-refractivity contribution in [2.24, 2.45) is 0 Å². The summed E-state index contributed by atoms with van der Waals surface area (Å²) in [6, 6.07) is 25.7. The van der Waals surface area contributed by atoms with Gasteiger partial charge in [-0.25, -0.2) is 0 Å². The Labute approximate surface area is 130 Å². The first-order valence-corrected chi connectivity index (χ1v) is 7.26. The van der Waals surface area contributed by atoms with E-state index in [1.807, 2.05) is 73.7 Å². The Balaban J connectivity index is 1.84. The molecular formula is C20H17NO. The van der Waals surface area contributed by atoms with Gasteiger partial charge in [0.1, 0.15) is 0 Å². The van der Waals surface area contributed by atoms with Crippen molar-refractivity contribution in [2.75, 3.05) is 0 Å². The summed E-state index contributed by atoms with van der Waals surface area (Å²) >= 11 is 0. The average molecular weight is 287 g/mol. The molecule has 3 rings (SSSR count). The molecule has 0 amide bonds. The quantitative estimate of drug-likeness (QED) is 0.290. The SMILES string of the molecule is Cc1ccc([N+]([O-])=Cc2ccc(-c3ccccc3)cc2)cc1. The molecule has 0 aliphatic rings. The molecule has 0 fully saturated rings. The first kappa shape index (κ1) is 14.1. The highest BCUT2D eigenvalue weighted by Crippen LogP contribution is 2.19. The van der Waals surface area contributed by atoms with Crippen molar-refractivity contribution in [1.82, 2.24) is 0 Å². The van der Waals surface area contributed by atoms with Crippen molar-refractivity contribution in [2.45, 2.75) is 6.92 Å². The molecule has 0 unspecified atom stereocenters. The molecule has 0 N–H and O–H groups in total. The Morgan fingerprint density at radius 3 is 1.95 bits per heavy atom. The zero-order valence-electron chi connectivity index (χ0n) is 12.4. The summed E-state index contributed by atoms with van der Waals surface area (Å²) in [5.41, 5.74) is 4.98. The maximum absolute atomic E-state index is 12.1. The highest BCUT2D eigenvalue weighted by Gasteiger charge is 2.02. The van der Waals surface area contributed by atoms with E-state index in [-0.39, 0.29) is 0 Å². The van der Waals surface area contributed by atoms with Gasteiger partial charge < -0.3 is 5.21 Å². The van der Waals surface area contributed by atoms with E-state index in [0.717, 1.165) is 21.4 Å². The van der Waals surface area contributed by atoms with Crippen LogP contribution in [-0.2, 0) is 0 Å². The van der Waals surface area contributed by atoms with Crippen LogP contribution in [0.15, 0.2) is 78.9 Å². The second-order valence-electron chi connectivity index (χ2n) is 5.28. The van der Waals surface area contributed by atoms with Crippen LogP contribution in [0.5, 0.6) is 0 Å². The van der Waals surface area contributed by atoms with Crippen LogP contribution in [0.4, 0.5) is 5.69 Å². The maximum Gasteiger partial charge on any atom is 0.216 e. The second kappa shape index (κ2) is 6.27. The Morgan fingerprint density at radius 1 is 0.727 bits per heavy atom. The molecule has 0 saturated carbocycles. The molecule has 0 bridgehead atoms. The van der Waals surface area contributed by atoms with Crippen molar-refractivity contribution < 1.29 is 4.74 Å². The molecule has 22 heavy (non-hydrogen) atoms. The lowest BCUT2D eigenvalue weighted by Gasteiger charge is -2.04. The van der Waals surface area contributed by atoms with Crippen LogP contribution >= 0.6 is 0 Å². The normalized spacial score (nSPS) is 11.4. The molecule has 108 valence electrons. The maximum atomic E-state index is 12.1. The lowest BCUT2D eigenvalue weighted by atomic mass is 10.0. The van der Waals surface area contributed by atoms with Gasteiger partial charge in [0, 0.05) is 17.7 Å². The largest absolute Gasteiger partial charge is 0.618 e. The third-order valence-corrected chi connectivity index (χ3v) is 3.57. The summed E-state index contributed by atoms with van der Waals surface area (Å²) in [6.45, 7) is 2.00. The van der Waals surface area contributed by atoms with Crippen LogP contribution in [0.1, 0.15) is 11.1 Å². The monoisotopic (exact) mass is 287 g/mol. The molecule has 0 saturated heterocycles. The first-order valence-electron chi connectivity index (χ1n) is 7.26. The van der Waals surface area contributed by atoms with Crippen LogP contribution in [0, 0.1) is 12.1 Å². The zero-order valence-corrected chi connectivity index (χ0v) is 12.4. The van der Waals surface area contributed by atoms with Crippen LogP contribution in [-0.4, -0.2) is 11.0 Å². The minimum atomic E-state index is 0.637. The van der Waals surface area contributed by atoms with E-state index in [0.29, 0.717) is 5.69 Å². The van der Waals surface area contributed by atoms with Crippen LogP contribution in [0.3, 0.4) is 0 Å². The van der Waals surface area contributed by atoms with E-state index in [1.165, 1.54) is 5.56 Å². The molecule has 0 aromatic heterocycles. The van der Waals surface area contributed by atoms with Crippen molar-refractivity contribution >= 4 is 11.9 Å². The molecular weight excluding hydrogens is 270 g/mol. The fraction of sp³-hybridized carbons (Fsp3) is 0.0500. The van der Waals surface area contributed by atoms with E-state index in [1.54, 1.807) is 6.21 Å². The van der Waals surface area contributed by atoms with E-state index < -0.39 is 0 Å². The molecule has 0 aliphatic heterocycles. The predicted molar refractivity (Wildman–Crippen MR) is 91.5 cm³/mol. The smallest absolute Gasteiger partial charge is 0.216 e. The molecule has 0 radical (unpaired) electrons. The van der Waals surface area contributed by atoms with Gasteiger partial charge in [-0.2, -0.15) is 4.74 Å². The van der Waals surface area contributed by atoms with Gasteiger partial charge >= 0.3 is 0 Å². The second-order valence-corrected chi connectivity index (χ2v) is 5.28. The van der Waals surface area contributed by atoms with E-state index in [2.05, 4.69) is 12.1 Å². The highest BCUT2D eigenvalue weighted by atomic mass is 16.5. The van der Waals surface area contributed by atoms with Crippen LogP contribution < -0.4 is 0 Å². The fourth-order valence-corrected chi connectivity index (χ4v) is 2.29. The number of hydrogen-bond donors (Lipinski definition) is 0. The Hall–Kier alpha value is -2.87. The standard InChI is InChI=1S/C20H17NO/c1-16-7-13-20(14-8-16)21(22)15-17-9-11-19(12-10-17)18-5-3-2-4-6-18/h2-15H,1H3. The molecule has 2 heteroatoms. The topological polar surface area (TPSA) is 26.1 Å². The summed E-state index contributed by atoms with van der Waals surface area (Å²) in [4.78, 5) is 0. The van der Waals surface area contributed by atoms with Crippen molar-refractivity contribution in [3.63, 3.8) is 0 Å². The molecule has 3 aromatic carbocycles. The summed E-state index contributed by atoms with van der Waals surface area (Å²) in [5, 5.41) is 12.1. The van der Waals surface area contributed by atoms with Gasteiger partial charge in [-0.3, -0.25) is 0 Å². The van der Waals surface area contributed by atoms with E-state index in [4.69, 9.17) is 0 Å². The minimum Gasteiger partial charge on any atom is -0.618 e. The molecule has 0 heterocycles. The van der Waals surface area contributed by atoms with Crippen molar-refractivity contribution in [1.29, 1.82) is 0 Å². The number of rotatable bonds is 3. The summed E-state index contributed by atoms with van der Waals surface area (Å²) in [5.74, 6) is 0. The average Bonchev–Trinajstić information content (AvgIpc) is 2.57. The Kier molecular flexibility index (Phi) is 4.01. The Morgan fingerprint density at radius 2 is 1.32 bits per heavy atom. The van der Waals surface area contributed by atoms with E-state index in [9.17, 15) is 5.21 Å². The van der Waals surface area contributed by atoms with Crippen molar-refractivity contribution in [3.8, 4) is 11.1 Å². The van der Waals surface area contributed by atoms with Gasteiger partial charge in [0.2, 0.25) is 5.69 Å². The minimum absolute atomic E-state index is 0.637. The van der Waals surface area contributed by atoms with Gasteiger partial charge in [0.15, 0.2) is 6.21 Å². The summed E-state index contributed by atoms with van der Waals surface area (Å²) in [6.07, 6.45) is 1.60. The Bertz CT molecular complexity index is 772. The zero-order chi connectivity index (χ0) is 15.4. The van der Waals surface area contributed by atoms with Crippen molar-refractivity contribution in [3.05, 3.63) is 95.2 Å². The van der Waals surface area contributed by atoms with Gasteiger partial charge in [0.25, 0.3) is 0 Å². The molecule has 0 spiro atoms. The number of hydrogen-bond acceptors (Lipinski definition) is 1. The van der Waals surface area contributed by atoms with Crippen LogP contribution in [0.25, 0.3) is 11.1 Å². The third-order valence-electron chi connectivity index (χ3n) is 3.57. The number of benzene rings is 3. The lowest BCUT2D eigenvalue weighted by molar-refractivity contribution is -0.354. The predicted octanol–water partition coefficient (Wildman–Crippen LogP) is 4.92. The highest BCUT2D eigenvalue weighted by molar-refractivity contribution is 5.78. The van der Waals surface area contributed by atoms with Gasteiger partial charge in [-0.05, 0) is 30.2 Å². The first-order chi connectivity index (χ1) is 10.7. The van der Waals surface area contributed by atoms with Gasteiger partial charge in [0.05, 0.1) is 0 Å². The molecule has 3 aromatic rings. The molecule has 0 atom stereocenters. The molecule has 0 aliphatic carbocycles. The fourth-order valence-electron chi connectivity index (χ4n) is 2.29. The number of aryl methyl sites for hydroxylation is 1. The number of nitrogens with zero attached hydrogens (tertiary/aromatic N) is 1. The van der Waals surface area contributed by atoms with Crippen LogP contribution in [0.2, 0.25) is 0 Å². The third kappa shape index (κ3) is 3.23. The van der Waals surface area contributed by atoms with E-state index >= 15 is 0 Å². The summed E-state index contributed by atoms with van der Waals surface area (Å²) < 4.78 is 0.900. The van der Waals surface area contributed by atoms with Gasteiger partial charge in [-0.15, -0.1) is 0 Å². The lowest BCUT2D eigenvalue weighted by Crippen LogP contribution is -1.98. The van der Waals surface area contributed by atoms with Gasteiger partial charge in [-0.1, -0.05) is 60.2 Å². The molecule has 2 nitrogen and oxygen atoms in total.